The van der Waals surface area contributed by atoms with Gasteiger partial charge in [-0.25, -0.2) is 0 Å². The molecule has 0 aromatic heterocycles. The standard InChI is InChI=1S/C9H14N2/c10-5-9-8-4-2-1-3-7(8)6-11-9/h7-9,11H,1-4,6H2/t7?,8?,9-/m1/s1. The van der Waals surface area contributed by atoms with Gasteiger partial charge in [0.15, 0.2) is 0 Å². The molecule has 1 aliphatic carbocycles. The smallest absolute Gasteiger partial charge is 0.0984 e. The van der Waals surface area contributed by atoms with E-state index in [1.165, 1.54) is 25.7 Å². The van der Waals surface area contributed by atoms with Crippen molar-refractivity contribution in [1.82, 2.24) is 5.32 Å². The van der Waals surface area contributed by atoms with E-state index < -0.39 is 0 Å². The van der Waals surface area contributed by atoms with Crippen LogP contribution in [0, 0.1) is 23.2 Å². The molecule has 1 saturated carbocycles. The van der Waals surface area contributed by atoms with E-state index in [1.807, 2.05) is 0 Å². The molecule has 2 heteroatoms. The Hall–Kier alpha value is -0.550. The highest BCUT2D eigenvalue weighted by molar-refractivity contribution is 5.03. The van der Waals surface area contributed by atoms with Crippen LogP contribution < -0.4 is 5.32 Å². The van der Waals surface area contributed by atoms with Crippen LogP contribution in [-0.4, -0.2) is 12.6 Å². The molecule has 2 rings (SSSR count). The highest BCUT2D eigenvalue weighted by atomic mass is 15.0. The first-order valence-electron chi connectivity index (χ1n) is 4.55. The van der Waals surface area contributed by atoms with Crippen LogP contribution in [0.5, 0.6) is 0 Å². The number of nitriles is 1. The summed E-state index contributed by atoms with van der Waals surface area (Å²) in [5.41, 5.74) is 0. The first-order chi connectivity index (χ1) is 5.42. The Morgan fingerprint density at radius 1 is 1.27 bits per heavy atom. The minimum atomic E-state index is 0.167. The van der Waals surface area contributed by atoms with Crippen molar-refractivity contribution in [2.45, 2.75) is 31.7 Å². The van der Waals surface area contributed by atoms with Crippen LogP contribution in [0.15, 0.2) is 0 Å². The first kappa shape index (κ1) is 7.12. The molecule has 1 heterocycles. The summed E-state index contributed by atoms with van der Waals surface area (Å²) in [7, 11) is 0. The lowest BCUT2D eigenvalue weighted by atomic mass is 9.79. The molecule has 1 N–H and O–H groups in total. The van der Waals surface area contributed by atoms with Crippen molar-refractivity contribution in [2.24, 2.45) is 11.8 Å². The van der Waals surface area contributed by atoms with Gasteiger partial charge in [0, 0.05) is 0 Å². The summed E-state index contributed by atoms with van der Waals surface area (Å²) in [6.45, 7) is 1.09. The third kappa shape index (κ3) is 1.14. The maximum Gasteiger partial charge on any atom is 0.0984 e. The Morgan fingerprint density at radius 3 is 2.91 bits per heavy atom. The fourth-order valence-electron chi connectivity index (χ4n) is 2.50. The van der Waals surface area contributed by atoms with Crippen molar-refractivity contribution in [2.75, 3.05) is 6.54 Å². The van der Waals surface area contributed by atoms with Gasteiger partial charge in [-0.1, -0.05) is 12.8 Å². The first-order valence-corrected chi connectivity index (χ1v) is 4.55. The van der Waals surface area contributed by atoms with Gasteiger partial charge in [0.2, 0.25) is 0 Å². The van der Waals surface area contributed by atoms with Gasteiger partial charge in [0.05, 0.1) is 12.1 Å². The van der Waals surface area contributed by atoms with Crippen LogP contribution in [0.4, 0.5) is 0 Å². The van der Waals surface area contributed by atoms with Crippen LogP contribution in [0.3, 0.4) is 0 Å². The third-order valence-electron chi connectivity index (χ3n) is 3.14. The third-order valence-corrected chi connectivity index (χ3v) is 3.14. The van der Waals surface area contributed by atoms with E-state index in [1.54, 1.807) is 0 Å². The quantitative estimate of drug-likeness (QED) is 0.564. The zero-order chi connectivity index (χ0) is 7.68. The maximum absolute atomic E-state index is 8.79. The van der Waals surface area contributed by atoms with E-state index in [2.05, 4.69) is 11.4 Å². The minimum absolute atomic E-state index is 0.167. The van der Waals surface area contributed by atoms with E-state index in [4.69, 9.17) is 5.26 Å². The molecule has 2 aliphatic rings. The van der Waals surface area contributed by atoms with Gasteiger partial charge >= 0.3 is 0 Å². The maximum atomic E-state index is 8.79. The summed E-state index contributed by atoms with van der Waals surface area (Å²) < 4.78 is 0. The van der Waals surface area contributed by atoms with E-state index in [0.29, 0.717) is 5.92 Å². The molecular weight excluding hydrogens is 136 g/mol. The zero-order valence-corrected chi connectivity index (χ0v) is 6.71. The monoisotopic (exact) mass is 150 g/mol. The number of hydrogen-bond donors (Lipinski definition) is 1. The lowest BCUT2D eigenvalue weighted by Crippen LogP contribution is -2.26. The Balaban J connectivity index is 2.05. The predicted molar refractivity (Wildman–Crippen MR) is 42.9 cm³/mol. The molecule has 1 aliphatic heterocycles. The lowest BCUT2D eigenvalue weighted by Gasteiger charge is -2.25. The van der Waals surface area contributed by atoms with Gasteiger partial charge in [-0.15, -0.1) is 0 Å². The molecule has 0 aromatic rings. The van der Waals surface area contributed by atoms with E-state index in [0.717, 1.165) is 12.5 Å². The van der Waals surface area contributed by atoms with Gasteiger partial charge in [-0.05, 0) is 31.2 Å². The van der Waals surface area contributed by atoms with E-state index in [-0.39, 0.29) is 6.04 Å². The average molecular weight is 150 g/mol. The Labute approximate surface area is 67.6 Å². The van der Waals surface area contributed by atoms with Crippen molar-refractivity contribution in [3.05, 3.63) is 0 Å². The van der Waals surface area contributed by atoms with Crippen molar-refractivity contribution in [3.63, 3.8) is 0 Å². The van der Waals surface area contributed by atoms with Gasteiger partial charge in [-0.2, -0.15) is 5.26 Å². The van der Waals surface area contributed by atoms with Crippen LogP contribution in [0.2, 0.25) is 0 Å². The zero-order valence-electron chi connectivity index (χ0n) is 6.71. The molecule has 2 nitrogen and oxygen atoms in total. The fourth-order valence-corrected chi connectivity index (χ4v) is 2.50. The molecule has 0 amide bonds. The topological polar surface area (TPSA) is 35.8 Å². The summed E-state index contributed by atoms with van der Waals surface area (Å²) in [5.74, 6) is 1.49. The summed E-state index contributed by atoms with van der Waals surface area (Å²) in [5, 5.41) is 12.1. The lowest BCUT2D eigenvalue weighted by molar-refractivity contribution is 0.283. The second kappa shape index (κ2) is 2.83. The highest BCUT2D eigenvalue weighted by Crippen LogP contribution is 2.35. The molecule has 11 heavy (non-hydrogen) atoms. The summed E-state index contributed by atoms with van der Waals surface area (Å²) in [6, 6.07) is 2.52. The summed E-state index contributed by atoms with van der Waals surface area (Å²) >= 11 is 0. The van der Waals surface area contributed by atoms with E-state index in [9.17, 15) is 0 Å². The molecule has 0 spiro atoms. The van der Waals surface area contributed by atoms with Crippen molar-refractivity contribution in [1.29, 1.82) is 5.26 Å². The van der Waals surface area contributed by atoms with Crippen LogP contribution in [0.1, 0.15) is 25.7 Å². The second-order valence-corrected chi connectivity index (χ2v) is 3.72. The molecule has 60 valence electrons. The van der Waals surface area contributed by atoms with Crippen LogP contribution >= 0.6 is 0 Å². The van der Waals surface area contributed by atoms with Gasteiger partial charge in [0.25, 0.3) is 0 Å². The molecular formula is C9H14N2. The molecule has 0 aromatic carbocycles. The normalized spacial score (nSPS) is 43.0. The number of rotatable bonds is 0. The largest absolute Gasteiger partial charge is 0.301 e. The molecule has 0 bridgehead atoms. The molecule has 1 saturated heterocycles. The SMILES string of the molecule is N#C[C@H]1NCC2CCCCC21. The molecule has 2 fully saturated rings. The Kier molecular flexibility index (Phi) is 1.83. The summed E-state index contributed by atoms with van der Waals surface area (Å²) in [6.07, 6.45) is 5.33. The average Bonchev–Trinajstić information content (AvgIpc) is 2.47. The van der Waals surface area contributed by atoms with Crippen molar-refractivity contribution < 1.29 is 0 Å². The van der Waals surface area contributed by atoms with Crippen LogP contribution in [0.25, 0.3) is 0 Å². The number of hydrogen-bond acceptors (Lipinski definition) is 2. The van der Waals surface area contributed by atoms with Crippen molar-refractivity contribution >= 4 is 0 Å². The van der Waals surface area contributed by atoms with Gasteiger partial charge < -0.3 is 5.32 Å². The Bertz CT molecular complexity index is 182. The second-order valence-electron chi connectivity index (χ2n) is 3.72. The fraction of sp³-hybridized carbons (Fsp3) is 0.889. The van der Waals surface area contributed by atoms with Crippen LogP contribution in [-0.2, 0) is 0 Å². The summed E-state index contributed by atoms with van der Waals surface area (Å²) in [4.78, 5) is 0. The van der Waals surface area contributed by atoms with E-state index >= 15 is 0 Å². The van der Waals surface area contributed by atoms with Crippen molar-refractivity contribution in [3.8, 4) is 6.07 Å². The minimum Gasteiger partial charge on any atom is -0.301 e. The predicted octanol–water partition coefficient (Wildman–Crippen LogP) is 1.29. The molecule has 3 atom stereocenters. The van der Waals surface area contributed by atoms with Gasteiger partial charge in [0.1, 0.15) is 0 Å². The number of fused-ring (bicyclic) bond motifs is 1. The number of nitrogens with one attached hydrogen (secondary N) is 1. The number of nitrogens with zero attached hydrogens (tertiary/aromatic N) is 1. The molecule has 0 radical (unpaired) electrons. The van der Waals surface area contributed by atoms with Gasteiger partial charge in [-0.3, -0.25) is 0 Å². The Morgan fingerprint density at radius 2 is 2.09 bits per heavy atom. The molecule has 2 unspecified atom stereocenters. The highest BCUT2D eigenvalue weighted by Gasteiger charge is 2.36.